The first-order valence-corrected chi connectivity index (χ1v) is 7.91. The molecule has 2 aromatic carbocycles. The Bertz CT molecular complexity index is 729. The number of benzene rings is 2. The number of rotatable bonds is 5. The van der Waals surface area contributed by atoms with Crippen molar-refractivity contribution < 1.29 is 19.4 Å². The maximum atomic E-state index is 12.5. The highest BCUT2D eigenvalue weighted by Crippen LogP contribution is 2.26. The highest BCUT2D eigenvalue weighted by atomic mass is 16.5. The fourth-order valence-corrected chi connectivity index (χ4v) is 2.84. The molecule has 2 aromatic rings. The monoisotopic (exact) mass is 325 g/mol. The molecule has 0 spiro atoms. The van der Waals surface area contributed by atoms with Gasteiger partial charge < -0.3 is 15.2 Å². The minimum Gasteiger partial charge on any atom is -0.492 e. The highest BCUT2D eigenvalue weighted by Gasteiger charge is 2.29. The molecule has 1 unspecified atom stereocenters. The molecule has 0 aliphatic carbocycles. The molecule has 0 aromatic heterocycles. The smallest absolute Gasteiger partial charge is 0.326 e. The molecule has 2 N–H and O–H groups in total. The summed E-state index contributed by atoms with van der Waals surface area (Å²) in [6, 6.07) is 15.9. The van der Waals surface area contributed by atoms with Crippen molar-refractivity contribution >= 4 is 11.9 Å². The summed E-state index contributed by atoms with van der Waals surface area (Å²) in [7, 11) is 0. The molecule has 5 nitrogen and oxygen atoms in total. The highest BCUT2D eigenvalue weighted by molar-refractivity contribution is 5.85. The maximum Gasteiger partial charge on any atom is 0.326 e. The standard InChI is InChI=1S/C19H19NO4/c21-18(15-11-14-8-4-5-9-17(14)24-12-15)20-16(19(22)23)10-13-6-2-1-3-7-13/h1-9,15-16H,10-12H2,(H,20,21)(H,22,23)/t15?,16-/m0/s1. The molecular weight excluding hydrogens is 306 g/mol. The molecule has 2 atom stereocenters. The van der Waals surface area contributed by atoms with Gasteiger partial charge in [0.15, 0.2) is 0 Å². The molecule has 0 radical (unpaired) electrons. The Morgan fingerprint density at radius 1 is 1.12 bits per heavy atom. The minimum atomic E-state index is -1.04. The van der Waals surface area contributed by atoms with Crippen molar-refractivity contribution in [3.63, 3.8) is 0 Å². The topological polar surface area (TPSA) is 75.6 Å². The van der Waals surface area contributed by atoms with E-state index in [2.05, 4.69) is 5.32 Å². The lowest BCUT2D eigenvalue weighted by molar-refractivity contribution is -0.142. The van der Waals surface area contributed by atoms with E-state index in [4.69, 9.17) is 4.74 Å². The zero-order valence-electron chi connectivity index (χ0n) is 13.1. The van der Waals surface area contributed by atoms with Crippen LogP contribution in [0.25, 0.3) is 0 Å². The summed E-state index contributed by atoms with van der Waals surface area (Å²) in [5.41, 5.74) is 1.84. The van der Waals surface area contributed by atoms with E-state index >= 15 is 0 Å². The zero-order valence-corrected chi connectivity index (χ0v) is 13.1. The number of carbonyl (C=O) groups excluding carboxylic acids is 1. The van der Waals surface area contributed by atoms with Gasteiger partial charge in [0.2, 0.25) is 5.91 Å². The second kappa shape index (κ2) is 7.17. The van der Waals surface area contributed by atoms with Crippen LogP contribution >= 0.6 is 0 Å². The summed E-state index contributed by atoms with van der Waals surface area (Å²) in [5, 5.41) is 12.0. The quantitative estimate of drug-likeness (QED) is 0.882. The predicted octanol–water partition coefficient (Wildman–Crippen LogP) is 2.05. The lowest BCUT2D eigenvalue weighted by atomic mass is 9.95. The number of amides is 1. The van der Waals surface area contributed by atoms with Crippen LogP contribution in [0.3, 0.4) is 0 Å². The molecule has 0 saturated heterocycles. The fourth-order valence-electron chi connectivity index (χ4n) is 2.84. The average molecular weight is 325 g/mol. The first-order valence-electron chi connectivity index (χ1n) is 7.91. The number of nitrogens with one attached hydrogen (secondary N) is 1. The van der Waals surface area contributed by atoms with Crippen LogP contribution < -0.4 is 10.1 Å². The number of carboxylic acid groups (broad SMARTS) is 1. The average Bonchev–Trinajstić information content (AvgIpc) is 2.61. The number of carboxylic acids is 1. The van der Waals surface area contributed by atoms with Gasteiger partial charge in [0.25, 0.3) is 0 Å². The molecular formula is C19H19NO4. The summed E-state index contributed by atoms with van der Waals surface area (Å²) in [4.78, 5) is 23.9. The van der Waals surface area contributed by atoms with Gasteiger partial charge in [-0.25, -0.2) is 4.79 Å². The molecule has 1 heterocycles. The van der Waals surface area contributed by atoms with Crippen LogP contribution in [0.5, 0.6) is 5.75 Å². The summed E-state index contributed by atoms with van der Waals surface area (Å²) in [5.74, 6) is -0.907. The Morgan fingerprint density at radius 2 is 1.83 bits per heavy atom. The SMILES string of the molecule is O=C(N[C@@H](Cc1ccccc1)C(=O)O)C1COc2ccccc2C1. The van der Waals surface area contributed by atoms with Crippen molar-refractivity contribution in [2.75, 3.05) is 6.61 Å². The van der Waals surface area contributed by atoms with Crippen molar-refractivity contribution in [2.24, 2.45) is 5.92 Å². The van der Waals surface area contributed by atoms with Gasteiger partial charge in [0.1, 0.15) is 18.4 Å². The molecule has 1 aliphatic heterocycles. The number of ether oxygens (including phenoxy) is 1. The molecule has 3 rings (SSSR count). The molecule has 124 valence electrons. The normalized spacial score (nSPS) is 17.2. The van der Waals surface area contributed by atoms with E-state index in [0.717, 1.165) is 16.9 Å². The van der Waals surface area contributed by atoms with Crippen LogP contribution in [0.15, 0.2) is 54.6 Å². The zero-order chi connectivity index (χ0) is 16.9. The van der Waals surface area contributed by atoms with E-state index < -0.39 is 12.0 Å². The van der Waals surface area contributed by atoms with Gasteiger partial charge in [-0.05, 0) is 23.6 Å². The van der Waals surface area contributed by atoms with Gasteiger partial charge in [-0.2, -0.15) is 0 Å². The van der Waals surface area contributed by atoms with Crippen molar-refractivity contribution in [1.29, 1.82) is 0 Å². The third kappa shape index (κ3) is 3.74. The Kier molecular flexibility index (Phi) is 4.79. The first-order chi connectivity index (χ1) is 11.6. The van der Waals surface area contributed by atoms with E-state index in [9.17, 15) is 14.7 Å². The van der Waals surface area contributed by atoms with Crippen LogP contribution in [0.1, 0.15) is 11.1 Å². The van der Waals surface area contributed by atoms with E-state index in [1.807, 2.05) is 54.6 Å². The molecule has 1 aliphatic rings. The Labute approximate surface area is 140 Å². The lowest BCUT2D eigenvalue weighted by Crippen LogP contribution is -2.47. The van der Waals surface area contributed by atoms with Crippen molar-refractivity contribution in [3.05, 3.63) is 65.7 Å². The molecule has 0 fully saturated rings. The second-order valence-corrected chi connectivity index (χ2v) is 5.91. The molecule has 1 amide bonds. The van der Waals surface area contributed by atoms with Crippen LogP contribution in [0.2, 0.25) is 0 Å². The van der Waals surface area contributed by atoms with Crippen molar-refractivity contribution in [1.82, 2.24) is 5.32 Å². The molecule has 24 heavy (non-hydrogen) atoms. The fraction of sp³-hybridized carbons (Fsp3) is 0.263. The van der Waals surface area contributed by atoms with Gasteiger partial charge in [-0.15, -0.1) is 0 Å². The third-order valence-electron chi connectivity index (χ3n) is 4.15. The predicted molar refractivity (Wildman–Crippen MR) is 88.8 cm³/mol. The van der Waals surface area contributed by atoms with E-state index in [0.29, 0.717) is 6.42 Å². The number of hydrogen-bond donors (Lipinski definition) is 2. The van der Waals surface area contributed by atoms with Crippen molar-refractivity contribution in [3.8, 4) is 5.75 Å². The number of hydrogen-bond acceptors (Lipinski definition) is 3. The van der Waals surface area contributed by atoms with Crippen LogP contribution in [-0.2, 0) is 22.4 Å². The Hall–Kier alpha value is -2.82. The third-order valence-corrected chi connectivity index (χ3v) is 4.15. The number of para-hydroxylation sites is 1. The molecule has 0 bridgehead atoms. The maximum absolute atomic E-state index is 12.5. The van der Waals surface area contributed by atoms with Gasteiger partial charge in [-0.3, -0.25) is 4.79 Å². The number of carbonyl (C=O) groups is 2. The van der Waals surface area contributed by atoms with E-state index in [1.165, 1.54) is 0 Å². The summed E-state index contributed by atoms with van der Waals surface area (Å²) >= 11 is 0. The summed E-state index contributed by atoms with van der Waals surface area (Å²) in [6.45, 7) is 0.264. The van der Waals surface area contributed by atoms with Gasteiger partial charge in [-0.1, -0.05) is 48.5 Å². The summed E-state index contributed by atoms with van der Waals surface area (Å²) in [6.07, 6.45) is 0.811. The first kappa shape index (κ1) is 16.1. The largest absolute Gasteiger partial charge is 0.492 e. The van der Waals surface area contributed by atoms with Crippen LogP contribution in [-0.4, -0.2) is 29.6 Å². The van der Waals surface area contributed by atoms with Gasteiger partial charge >= 0.3 is 5.97 Å². The van der Waals surface area contributed by atoms with Gasteiger partial charge in [0, 0.05) is 6.42 Å². The van der Waals surface area contributed by atoms with E-state index in [-0.39, 0.29) is 24.9 Å². The molecule has 5 heteroatoms. The van der Waals surface area contributed by atoms with Crippen molar-refractivity contribution in [2.45, 2.75) is 18.9 Å². The van der Waals surface area contributed by atoms with E-state index in [1.54, 1.807) is 0 Å². The number of fused-ring (bicyclic) bond motifs is 1. The van der Waals surface area contributed by atoms with Crippen LogP contribution in [0, 0.1) is 5.92 Å². The van der Waals surface area contributed by atoms with Crippen LogP contribution in [0.4, 0.5) is 0 Å². The summed E-state index contributed by atoms with van der Waals surface area (Å²) < 4.78 is 5.61. The van der Waals surface area contributed by atoms with Gasteiger partial charge in [0.05, 0.1) is 5.92 Å². The number of aliphatic carboxylic acids is 1. The Balaban J connectivity index is 1.65. The second-order valence-electron chi connectivity index (χ2n) is 5.91. The minimum absolute atomic E-state index is 0.256. The molecule has 0 saturated carbocycles. The lowest BCUT2D eigenvalue weighted by Gasteiger charge is -2.26. The Morgan fingerprint density at radius 3 is 2.58 bits per heavy atom.